The molecule has 2 fully saturated rings. The molecule has 1 aromatic rings. The summed E-state index contributed by atoms with van der Waals surface area (Å²) in [6, 6.07) is 2.91. The quantitative estimate of drug-likeness (QED) is 0.351. The summed E-state index contributed by atoms with van der Waals surface area (Å²) < 4.78 is 23.7. The van der Waals surface area contributed by atoms with E-state index in [1.807, 2.05) is 39.0 Å². The number of methoxy groups -OCH3 is 1. The Morgan fingerprint density at radius 2 is 1.94 bits per heavy atom. The fourth-order valence-electron chi connectivity index (χ4n) is 6.76. The molecule has 1 N–H and O–H groups in total. The van der Waals surface area contributed by atoms with Gasteiger partial charge in [-0.3, -0.25) is 14.4 Å². The van der Waals surface area contributed by atoms with E-state index < -0.39 is 59.5 Å². The maximum atomic E-state index is 14.0. The first kappa shape index (κ1) is 37.6. The second-order valence-corrected chi connectivity index (χ2v) is 14.1. The van der Waals surface area contributed by atoms with E-state index in [1.54, 1.807) is 40.0 Å². The summed E-state index contributed by atoms with van der Waals surface area (Å²) >= 11 is 6.74. The number of benzene rings is 1. The van der Waals surface area contributed by atoms with Gasteiger partial charge in [0.05, 0.1) is 29.7 Å². The lowest BCUT2D eigenvalue weighted by molar-refractivity contribution is -0.187. The van der Waals surface area contributed by atoms with Crippen LogP contribution in [0.4, 0.5) is 5.69 Å². The summed E-state index contributed by atoms with van der Waals surface area (Å²) in [5, 5.41) is 12.2. The molecule has 3 aliphatic heterocycles. The van der Waals surface area contributed by atoms with Gasteiger partial charge in [0.2, 0.25) is 11.8 Å². The zero-order valence-electron chi connectivity index (χ0n) is 29.4. The summed E-state index contributed by atoms with van der Waals surface area (Å²) in [6.07, 6.45) is 2.59. The molecule has 3 heterocycles. The highest BCUT2D eigenvalue weighted by atomic mass is 35.5. The normalized spacial score (nSPS) is 33.4. The molecule has 12 heteroatoms. The van der Waals surface area contributed by atoms with Crippen molar-refractivity contribution in [1.82, 2.24) is 4.90 Å². The molecule has 0 aromatic heterocycles. The van der Waals surface area contributed by atoms with Gasteiger partial charge in [0.1, 0.15) is 35.6 Å². The van der Waals surface area contributed by atoms with Crippen molar-refractivity contribution in [2.75, 3.05) is 26.1 Å². The first-order chi connectivity index (χ1) is 22.4. The lowest BCUT2D eigenvalue weighted by Gasteiger charge is -2.41. The van der Waals surface area contributed by atoms with Crippen molar-refractivity contribution >= 4 is 41.0 Å². The molecule has 4 rings (SSSR count). The summed E-state index contributed by atoms with van der Waals surface area (Å²) in [4.78, 5) is 55.4. The van der Waals surface area contributed by atoms with Crippen molar-refractivity contribution < 1.29 is 43.2 Å². The number of esters is 2. The maximum absolute atomic E-state index is 14.0. The van der Waals surface area contributed by atoms with Crippen LogP contribution < -0.4 is 4.90 Å². The topological polar surface area (TPSA) is 135 Å². The van der Waals surface area contributed by atoms with Gasteiger partial charge in [-0.2, -0.15) is 0 Å². The number of anilines is 1. The Balaban J connectivity index is 1.77. The van der Waals surface area contributed by atoms with Gasteiger partial charge in [-0.25, -0.2) is 4.79 Å². The van der Waals surface area contributed by atoms with Crippen LogP contribution in [0.1, 0.15) is 71.4 Å². The zero-order valence-corrected chi connectivity index (χ0v) is 30.1. The number of likely N-dealkylation sites (N-methyl/N-ethyl adjacent to an activating group) is 1. The molecule has 2 amide bonds. The highest BCUT2D eigenvalue weighted by molar-refractivity contribution is 6.34. The Bertz CT molecular complexity index is 1490. The summed E-state index contributed by atoms with van der Waals surface area (Å²) in [5.41, 5.74) is 0.543. The Hall–Kier alpha value is -3.25. The molecule has 0 aliphatic carbocycles. The average Bonchev–Trinajstić information content (AvgIpc) is 3.73. The van der Waals surface area contributed by atoms with Gasteiger partial charge in [0, 0.05) is 40.0 Å². The van der Waals surface area contributed by atoms with Crippen LogP contribution >= 0.6 is 11.6 Å². The van der Waals surface area contributed by atoms with Crippen LogP contribution in [-0.4, -0.2) is 96.6 Å². The van der Waals surface area contributed by atoms with E-state index in [4.69, 9.17) is 30.5 Å². The molecule has 0 spiro atoms. The van der Waals surface area contributed by atoms with E-state index in [-0.39, 0.29) is 37.5 Å². The van der Waals surface area contributed by atoms with E-state index in [0.29, 0.717) is 17.1 Å². The molecular weight excluding hydrogens is 640 g/mol. The fourth-order valence-corrected chi connectivity index (χ4v) is 6.99. The van der Waals surface area contributed by atoms with Crippen molar-refractivity contribution in [3.8, 4) is 0 Å². The van der Waals surface area contributed by atoms with Gasteiger partial charge in [-0.1, -0.05) is 55.3 Å². The molecule has 1 aromatic carbocycles. The smallest absolute Gasteiger partial charge is 0.328 e. The minimum Gasteiger partial charge on any atom is -0.462 e. The van der Waals surface area contributed by atoms with Crippen LogP contribution in [0.5, 0.6) is 0 Å². The Labute approximate surface area is 288 Å². The van der Waals surface area contributed by atoms with Crippen molar-refractivity contribution in [2.24, 2.45) is 5.92 Å². The number of ether oxygens (including phenoxy) is 4. The molecule has 11 nitrogen and oxygen atoms in total. The summed E-state index contributed by atoms with van der Waals surface area (Å²) in [7, 11) is 4.63. The number of hydrogen-bond acceptors (Lipinski definition) is 9. The zero-order chi connectivity index (χ0) is 35.7. The molecule has 3 aliphatic rings. The van der Waals surface area contributed by atoms with E-state index >= 15 is 0 Å². The molecular formula is C36H49ClN2O9. The SMILES string of the molecule is CCC(=O)N(C)[C@@H](C)C(=O)O[C@H]1CC(=O)N(C)c2cc(cc(C)c2Cl)C/C(C)=C/C=C/[C@@H](OC)[C@]2(O)CC(=O)O[C@@H](C2)[C@@H](C)[C@@H]2O[C@@]12C. The molecule has 0 radical (unpaired) electrons. The highest BCUT2D eigenvalue weighted by Crippen LogP contribution is 2.49. The van der Waals surface area contributed by atoms with Crippen LogP contribution in [0.25, 0.3) is 0 Å². The van der Waals surface area contributed by atoms with Gasteiger partial charge in [-0.05, 0) is 51.3 Å². The number of carbonyl (C=O) groups is 4. The van der Waals surface area contributed by atoms with Crippen LogP contribution in [0.2, 0.25) is 5.02 Å². The number of allylic oxidation sites excluding steroid dienone is 3. The number of aryl methyl sites for hydroxylation is 1. The molecule has 0 unspecified atom stereocenters. The number of amides is 2. The molecule has 264 valence electrons. The van der Waals surface area contributed by atoms with Crippen LogP contribution in [0.15, 0.2) is 35.9 Å². The third kappa shape index (κ3) is 7.80. The second-order valence-electron chi connectivity index (χ2n) is 13.7. The Morgan fingerprint density at radius 3 is 2.58 bits per heavy atom. The van der Waals surface area contributed by atoms with E-state index in [0.717, 1.165) is 16.7 Å². The van der Waals surface area contributed by atoms with Crippen LogP contribution in [-0.2, 0) is 44.5 Å². The van der Waals surface area contributed by atoms with Gasteiger partial charge >= 0.3 is 11.9 Å². The number of epoxide rings is 1. The molecule has 0 saturated carbocycles. The Morgan fingerprint density at radius 1 is 1.25 bits per heavy atom. The van der Waals surface area contributed by atoms with Gasteiger partial charge in [-0.15, -0.1) is 0 Å². The molecule has 4 bridgehead atoms. The average molecular weight is 689 g/mol. The standard InChI is InChI=1S/C36H49ClN2O9/c1-10-29(40)38(7)23(5)34(43)47-28-17-30(41)39(8)25-16-24(15-21(3)32(25)37)14-20(2)12-11-13-27(45-9)36(44)18-26(46-31(42)19-36)22(4)33-35(28,6)48-33/h11-13,15-16,22-23,26-28,33,44H,10,14,17-19H2,1-9H3/b13-11+,20-12+/t22-,23+,26+,27-,28+,33+,35+,36-/m1/s1. The summed E-state index contributed by atoms with van der Waals surface area (Å²) in [5.74, 6) is -2.31. The molecule has 2 saturated heterocycles. The number of nitrogens with zero attached hydrogens (tertiary/aromatic N) is 2. The van der Waals surface area contributed by atoms with Gasteiger partial charge < -0.3 is 33.9 Å². The van der Waals surface area contributed by atoms with Crippen LogP contribution in [0.3, 0.4) is 0 Å². The lowest BCUT2D eigenvalue weighted by Crippen LogP contribution is -2.53. The van der Waals surface area contributed by atoms with Gasteiger partial charge in [0.15, 0.2) is 0 Å². The van der Waals surface area contributed by atoms with Gasteiger partial charge in [0.25, 0.3) is 0 Å². The number of rotatable bonds is 5. The third-order valence-electron chi connectivity index (χ3n) is 10.1. The monoisotopic (exact) mass is 688 g/mol. The van der Waals surface area contributed by atoms with Crippen molar-refractivity contribution in [2.45, 2.75) is 115 Å². The molecule has 8 atom stereocenters. The number of hydrogen-bond donors (Lipinski definition) is 1. The number of carbonyl (C=O) groups excluding carboxylic acids is 4. The fraction of sp³-hybridized carbons (Fsp3) is 0.611. The first-order valence-electron chi connectivity index (χ1n) is 16.4. The van der Waals surface area contributed by atoms with E-state index in [1.165, 1.54) is 24.0 Å². The summed E-state index contributed by atoms with van der Waals surface area (Å²) in [6.45, 7) is 10.7. The third-order valence-corrected chi connectivity index (χ3v) is 10.6. The van der Waals surface area contributed by atoms with E-state index in [9.17, 15) is 24.3 Å². The second kappa shape index (κ2) is 14.7. The van der Waals surface area contributed by atoms with Crippen LogP contribution in [0, 0.1) is 12.8 Å². The minimum atomic E-state index is -1.55. The van der Waals surface area contributed by atoms with Crippen molar-refractivity contribution in [3.63, 3.8) is 0 Å². The van der Waals surface area contributed by atoms with Crippen molar-refractivity contribution in [3.05, 3.63) is 52.1 Å². The maximum Gasteiger partial charge on any atom is 0.328 e. The first-order valence-corrected chi connectivity index (χ1v) is 16.8. The lowest BCUT2D eigenvalue weighted by atomic mass is 9.78. The largest absolute Gasteiger partial charge is 0.462 e. The number of halogens is 1. The number of aliphatic hydroxyl groups is 1. The number of fused-ring (bicyclic) bond motifs is 5. The minimum absolute atomic E-state index is 0.0814. The molecule has 48 heavy (non-hydrogen) atoms. The van der Waals surface area contributed by atoms with Crippen molar-refractivity contribution in [1.29, 1.82) is 0 Å². The Kier molecular flexibility index (Phi) is 11.5. The predicted molar refractivity (Wildman–Crippen MR) is 181 cm³/mol. The van der Waals surface area contributed by atoms with E-state index in [2.05, 4.69) is 0 Å². The predicted octanol–water partition coefficient (Wildman–Crippen LogP) is 4.47. The highest BCUT2D eigenvalue weighted by Gasteiger charge is 2.64.